The van der Waals surface area contributed by atoms with Crippen LogP contribution in [0.4, 0.5) is 0 Å². The molecule has 0 aromatic carbocycles. The van der Waals surface area contributed by atoms with E-state index in [4.69, 9.17) is 0 Å². The molecule has 0 spiro atoms. The largest absolute Gasteiger partial charge is 0.297 e. The van der Waals surface area contributed by atoms with Crippen LogP contribution < -0.4 is 0 Å². The first-order valence-electron chi connectivity index (χ1n) is 4.26. The maximum atomic E-state index is 10.5. The predicted octanol–water partition coefficient (Wildman–Crippen LogP) is 2.93. The number of pyridine rings is 1. The molecule has 0 saturated carbocycles. The third kappa shape index (κ3) is 1.72. The zero-order valence-corrected chi connectivity index (χ0v) is 8.54. The molecule has 0 aliphatic carbocycles. The Morgan fingerprint density at radius 2 is 2.21 bits per heavy atom. The van der Waals surface area contributed by atoms with Crippen LogP contribution in [0.5, 0.6) is 0 Å². The summed E-state index contributed by atoms with van der Waals surface area (Å²) in [7, 11) is 0. The van der Waals surface area contributed by atoms with Crippen molar-refractivity contribution in [3.05, 3.63) is 40.3 Å². The van der Waals surface area contributed by atoms with Gasteiger partial charge >= 0.3 is 0 Å². The Kier molecular flexibility index (Phi) is 2.41. The average molecular weight is 203 g/mol. The third-order valence-corrected chi connectivity index (χ3v) is 2.84. The van der Waals surface area contributed by atoms with Gasteiger partial charge in [-0.05, 0) is 30.0 Å². The number of aromatic nitrogens is 1. The molecule has 0 aliphatic rings. The van der Waals surface area contributed by atoms with Gasteiger partial charge in [0, 0.05) is 17.5 Å². The molecule has 0 bridgehead atoms. The van der Waals surface area contributed by atoms with E-state index < -0.39 is 0 Å². The molecule has 2 rings (SSSR count). The standard InChI is InChI=1S/C11H9NOS/c1-8-2-3-9(5-12-8)10-4-11(6-13)14-7-10/h2-7H,1H3. The van der Waals surface area contributed by atoms with Gasteiger partial charge in [0.05, 0.1) is 4.88 Å². The van der Waals surface area contributed by atoms with Gasteiger partial charge in [-0.25, -0.2) is 0 Å². The van der Waals surface area contributed by atoms with Gasteiger partial charge in [0.2, 0.25) is 0 Å². The van der Waals surface area contributed by atoms with E-state index in [1.807, 2.05) is 36.7 Å². The molecule has 2 nitrogen and oxygen atoms in total. The highest BCUT2D eigenvalue weighted by molar-refractivity contribution is 7.12. The number of hydrogen-bond acceptors (Lipinski definition) is 3. The second-order valence-corrected chi connectivity index (χ2v) is 3.99. The lowest BCUT2D eigenvalue weighted by Crippen LogP contribution is -1.80. The van der Waals surface area contributed by atoms with Crippen molar-refractivity contribution in [2.24, 2.45) is 0 Å². The fourth-order valence-electron chi connectivity index (χ4n) is 1.20. The summed E-state index contributed by atoms with van der Waals surface area (Å²) in [5.74, 6) is 0. The fraction of sp³-hybridized carbons (Fsp3) is 0.0909. The molecule has 3 heteroatoms. The summed E-state index contributed by atoms with van der Waals surface area (Å²) in [6, 6.07) is 5.86. The molecule has 0 aliphatic heterocycles. The third-order valence-electron chi connectivity index (χ3n) is 1.98. The molecule has 0 unspecified atom stereocenters. The van der Waals surface area contributed by atoms with E-state index in [0.29, 0.717) is 0 Å². The molecule has 0 radical (unpaired) electrons. The molecule has 0 N–H and O–H groups in total. The van der Waals surface area contributed by atoms with E-state index in [1.54, 1.807) is 0 Å². The van der Waals surface area contributed by atoms with Gasteiger partial charge in [-0.3, -0.25) is 9.78 Å². The Labute approximate surface area is 86.2 Å². The number of aldehydes is 1. The van der Waals surface area contributed by atoms with Crippen molar-refractivity contribution in [1.29, 1.82) is 0 Å². The zero-order valence-electron chi connectivity index (χ0n) is 7.73. The van der Waals surface area contributed by atoms with E-state index in [1.165, 1.54) is 11.3 Å². The van der Waals surface area contributed by atoms with Gasteiger partial charge in [0.15, 0.2) is 6.29 Å². The molecular formula is C11H9NOS. The lowest BCUT2D eigenvalue weighted by molar-refractivity contribution is 0.112. The second-order valence-electron chi connectivity index (χ2n) is 3.04. The molecule has 0 fully saturated rings. The highest BCUT2D eigenvalue weighted by Gasteiger charge is 2.01. The quantitative estimate of drug-likeness (QED) is 0.702. The van der Waals surface area contributed by atoms with Crippen LogP contribution in [0.1, 0.15) is 15.4 Å². The van der Waals surface area contributed by atoms with Crippen LogP contribution in [-0.4, -0.2) is 11.3 Å². The van der Waals surface area contributed by atoms with Gasteiger partial charge in [-0.15, -0.1) is 11.3 Å². The number of aryl methyl sites for hydroxylation is 1. The number of carbonyl (C=O) groups excluding carboxylic acids is 1. The van der Waals surface area contributed by atoms with E-state index in [2.05, 4.69) is 4.98 Å². The average Bonchev–Trinajstić information content (AvgIpc) is 2.67. The van der Waals surface area contributed by atoms with Gasteiger partial charge in [-0.1, -0.05) is 6.07 Å². The van der Waals surface area contributed by atoms with Crippen LogP contribution >= 0.6 is 11.3 Å². The summed E-state index contributed by atoms with van der Waals surface area (Å²) >= 11 is 1.45. The summed E-state index contributed by atoms with van der Waals surface area (Å²) in [6.45, 7) is 1.95. The molecule has 70 valence electrons. The van der Waals surface area contributed by atoms with Gasteiger partial charge < -0.3 is 0 Å². The maximum Gasteiger partial charge on any atom is 0.160 e. The van der Waals surface area contributed by atoms with E-state index in [-0.39, 0.29) is 0 Å². The number of carbonyl (C=O) groups is 1. The topological polar surface area (TPSA) is 30.0 Å². The van der Waals surface area contributed by atoms with Crippen molar-refractivity contribution in [3.63, 3.8) is 0 Å². The summed E-state index contributed by atoms with van der Waals surface area (Å²) in [5.41, 5.74) is 3.11. The number of hydrogen-bond donors (Lipinski definition) is 0. The van der Waals surface area contributed by atoms with Crippen molar-refractivity contribution >= 4 is 17.6 Å². The predicted molar refractivity (Wildman–Crippen MR) is 57.7 cm³/mol. The molecule has 0 atom stereocenters. The molecule has 0 saturated heterocycles. The first-order chi connectivity index (χ1) is 6.79. The SMILES string of the molecule is Cc1ccc(-c2csc(C=O)c2)cn1. The van der Waals surface area contributed by atoms with Crippen LogP contribution in [-0.2, 0) is 0 Å². The highest BCUT2D eigenvalue weighted by atomic mass is 32.1. The lowest BCUT2D eigenvalue weighted by Gasteiger charge is -1.96. The maximum absolute atomic E-state index is 10.5. The zero-order chi connectivity index (χ0) is 9.97. The Balaban J connectivity index is 2.39. The minimum absolute atomic E-state index is 0.751. The molecular weight excluding hydrogens is 194 g/mol. The summed E-state index contributed by atoms with van der Waals surface area (Å²) in [6.07, 6.45) is 2.70. The smallest absolute Gasteiger partial charge is 0.160 e. The van der Waals surface area contributed by atoms with Crippen molar-refractivity contribution in [1.82, 2.24) is 4.98 Å². The molecule has 2 aromatic heterocycles. The molecule has 2 aromatic rings. The van der Waals surface area contributed by atoms with Gasteiger partial charge in [-0.2, -0.15) is 0 Å². The van der Waals surface area contributed by atoms with Crippen molar-refractivity contribution in [2.75, 3.05) is 0 Å². The number of nitrogens with zero attached hydrogens (tertiary/aromatic N) is 1. The normalized spacial score (nSPS) is 10.1. The lowest BCUT2D eigenvalue weighted by atomic mass is 10.1. The first-order valence-corrected chi connectivity index (χ1v) is 5.14. The monoisotopic (exact) mass is 203 g/mol. The second kappa shape index (κ2) is 3.72. The summed E-state index contributed by atoms with van der Waals surface area (Å²) in [4.78, 5) is 15.5. The molecule has 0 amide bonds. The van der Waals surface area contributed by atoms with E-state index in [9.17, 15) is 4.79 Å². The summed E-state index contributed by atoms with van der Waals surface area (Å²) < 4.78 is 0. The highest BCUT2D eigenvalue weighted by Crippen LogP contribution is 2.23. The van der Waals surface area contributed by atoms with Gasteiger partial charge in [0.1, 0.15) is 0 Å². The van der Waals surface area contributed by atoms with Crippen LogP contribution in [0.25, 0.3) is 11.1 Å². The van der Waals surface area contributed by atoms with Crippen molar-refractivity contribution in [3.8, 4) is 11.1 Å². The van der Waals surface area contributed by atoms with Crippen molar-refractivity contribution in [2.45, 2.75) is 6.92 Å². The van der Waals surface area contributed by atoms with Crippen LogP contribution in [0, 0.1) is 6.92 Å². The first kappa shape index (κ1) is 9.09. The minimum Gasteiger partial charge on any atom is -0.297 e. The van der Waals surface area contributed by atoms with E-state index in [0.717, 1.165) is 28.0 Å². The number of thiophene rings is 1. The molecule has 14 heavy (non-hydrogen) atoms. The molecule has 2 heterocycles. The Bertz CT molecular complexity index is 445. The minimum atomic E-state index is 0.751. The Morgan fingerprint density at radius 1 is 1.36 bits per heavy atom. The number of rotatable bonds is 2. The Hall–Kier alpha value is -1.48. The summed E-state index contributed by atoms with van der Waals surface area (Å²) in [5, 5.41) is 1.97. The van der Waals surface area contributed by atoms with E-state index >= 15 is 0 Å². The Morgan fingerprint density at radius 3 is 2.79 bits per heavy atom. The van der Waals surface area contributed by atoms with Crippen LogP contribution in [0.3, 0.4) is 0 Å². The van der Waals surface area contributed by atoms with Crippen molar-refractivity contribution < 1.29 is 4.79 Å². The fourth-order valence-corrected chi connectivity index (χ4v) is 1.92. The van der Waals surface area contributed by atoms with Crippen LogP contribution in [0.15, 0.2) is 29.8 Å². The van der Waals surface area contributed by atoms with Crippen LogP contribution in [0.2, 0.25) is 0 Å². The van der Waals surface area contributed by atoms with Gasteiger partial charge in [0.25, 0.3) is 0 Å².